The van der Waals surface area contributed by atoms with Crippen molar-refractivity contribution >= 4 is 39.0 Å². The Kier molecular flexibility index (Phi) is 4.47. The van der Waals surface area contributed by atoms with Crippen LogP contribution in [0.15, 0.2) is 34.8 Å². The topological polar surface area (TPSA) is 64.3 Å². The van der Waals surface area contributed by atoms with E-state index in [-0.39, 0.29) is 16.9 Å². The van der Waals surface area contributed by atoms with E-state index in [1.807, 2.05) is 25.1 Å². The molecule has 0 atom stereocenters. The fraction of sp³-hybridized carbons (Fsp3) is 0.133. The van der Waals surface area contributed by atoms with Crippen molar-refractivity contribution in [1.29, 1.82) is 0 Å². The summed E-state index contributed by atoms with van der Waals surface area (Å²) < 4.78 is 19.5. The maximum Gasteiger partial charge on any atom is 0.340 e. The molecule has 21 heavy (non-hydrogen) atoms. The number of rotatable bonds is 3. The molecule has 0 aromatic heterocycles. The number of carbonyl (C=O) groups is 1. The van der Waals surface area contributed by atoms with Crippen molar-refractivity contribution in [2.45, 2.75) is 6.92 Å². The van der Waals surface area contributed by atoms with Crippen LogP contribution in [-0.2, 0) is 4.74 Å². The lowest BCUT2D eigenvalue weighted by Crippen LogP contribution is -2.08. The van der Waals surface area contributed by atoms with Crippen LogP contribution in [0.5, 0.6) is 0 Å². The molecule has 6 heteroatoms. The van der Waals surface area contributed by atoms with E-state index in [1.165, 1.54) is 13.2 Å². The highest BCUT2D eigenvalue weighted by Crippen LogP contribution is 2.30. The highest BCUT2D eigenvalue weighted by molar-refractivity contribution is 9.10. The molecule has 0 fully saturated rings. The van der Waals surface area contributed by atoms with E-state index in [1.54, 1.807) is 0 Å². The summed E-state index contributed by atoms with van der Waals surface area (Å²) in [6.07, 6.45) is 0. The molecule has 110 valence electrons. The largest absolute Gasteiger partial charge is 0.465 e. The Hall–Kier alpha value is -2.08. The van der Waals surface area contributed by atoms with Crippen LogP contribution in [0.2, 0.25) is 0 Å². The van der Waals surface area contributed by atoms with Gasteiger partial charge in [-0.1, -0.05) is 22.0 Å². The number of carbonyl (C=O) groups excluding carboxylic acids is 1. The standard InChI is InChI=1S/C15H14BrFN2O2/c1-8-10(16)4-3-5-13(8)19-14-6-9(15(20)21-2)12(18)7-11(14)17/h3-7,19H,18H2,1-2H3. The average Bonchev–Trinajstić information content (AvgIpc) is 2.45. The molecule has 0 bridgehead atoms. The van der Waals surface area contributed by atoms with Gasteiger partial charge >= 0.3 is 5.97 Å². The van der Waals surface area contributed by atoms with Gasteiger partial charge in [0.1, 0.15) is 5.82 Å². The fourth-order valence-corrected chi connectivity index (χ4v) is 2.23. The zero-order chi connectivity index (χ0) is 15.6. The minimum absolute atomic E-state index is 0.0378. The number of halogens is 2. The van der Waals surface area contributed by atoms with E-state index < -0.39 is 11.8 Å². The summed E-state index contributed by atoms with van der Waals surface area (Å²) in [5, 5.41) is 2.96. The summed E-state index contributed by atoms with van der Waals surface area (Å²) in [4.78, 5) is 11.6. The van der Waals surface area contributed by atoms with Gasteiger partial charge in [-0.2, -0.15) is 0 Å². The summed E-state index contributed by atoms with van der Waals surface area (Å²) in [6, 6.07) is 7.97. The van der Waals surface area contributed by atoms with E-state index in [0.717, 1.165) is 21.8 Å². The molecule has 0 radical (unpaired) electrons. The van der Waals surface area contributed by atoms with Crippen molar-refractivity contribution < 1.29 is 13.9 Å². The van der Waals surface area contributed by atoms with Gasteiger partial charge in [-0.05, 0) is 36.8 Å². The monoisotopic (exact) mass is 352 g/mol. The number of anilines is 3. The molecule has 0 aliphatic rings. The number of hydrogen-bond donors (Lipinski definition) is 2. The summed E-state index contributed by atoms with van der Waals surface area (Å²) in [7, 11) is 1.25. The molecule has 0 saturated heterocycles. The molecule has 2 aromatic rings. The van der Waals surface area contributed by atoms with E-state index in [9.17, 15) is 9.18 Å². The van der Waals surface area contributed by atoms with E-state index in [2.05, 4.69) is 26.0 Å². The quantitative estimate of drug-likeness (QED) is 0.647. The number of hydrogen-bond acceptors (Lipinski definition) is 4. The van der Waals surface area contributed by atoms with Crippen LogP contribution in [0.4, 0.5) is 21.5 Å². The fourth-order valence-electron chi connectivity index (χ4n) is 1.86. The van der Waals surface area contributed by atoms with Gasteiger partial charge in [0.25, 0.3) is 0 Å². The smallest absolute Gasteiger partial charge is 0.340 e. The third kappa shape index (κ3) is 3.16. The summed E-state index contributed by atoms with van der Waals surface area (Å²) >= 11 is 3.41. The lowest BCUT2D eigenvalue weighted by molar-refractivity contribution is 0.0602. The summed E-state index contributed by atoms with van der Waals surface area (Å²) in [6.45, 7) is 1.89. The second-order valence-corrected chi connectivity index (χ2v) is 5.30. The SMILES string of the molecule is COC(=O)c1cc(Nc2cccc(Br)c2C)c(F)cc1N. The molecule has 0 amide bonds. The molecule has 4 nitrogen and oxygen atoms in total. The Morgan fingerprint density at radius 2 is 2.05 bits per heavy atom. The van der Waals surface area contributed by atoms with Crippen molar-refractivity contribution in [1.82, 2.24) is 0 Å². The van der Waals surface area contributed by atoms with Crippen molar-refractivity contribution in [3.8, 4) is 0 Å². The average molecular weight is 353 g/mol. The van der Waals surface area contributed by atoms with Crippen molar-refractivity contribution in [3.05, 3.63) is 51.7 Å². The minimum atomic E-state index is -0.610. The predicted octanol–water partition coefficient (Wildman–Crippen LogP) is 4.01. The van der Waals surface area contributed by atoms with Gasteiger partial charge in [0, 0.05) is 15.8 Å². The van der Waals surface area contributed by atoms with E-state index in [0.29, 0.717) is 0 Å². The van der Waals surface area contributed by atoms with Crippen LogP contribution in [0.25, 0.3) is 0 Å². The summed E-state index contributed by atoms with van der Waals surface area (Å²) in [5.41, 5.74) is 7.60. The zero-order valence-corrected chi connectivity index (χ0v) is 13.1. The van der Waals surface area contributed by atoms with Gasteiger partial charge in [-0.25, -0.2) is 9.18 Å². The minimum Gasteiger partial charge on any atom is -0.465 e. The van der Waals surface area contributed by atoms with E-state index >= 15 is 0 Å². The molecule has 0 saturated carbocycles. The highest BCUT2D eigenvalue weighted by atomic mass is 79.9. The first kappa shape index (κ1) is 15.3. The number of benzene rings is 2. The number of methoxy groups -OCH3 is 1. The van der Waals surface area contributed by atoms with Crippen LogP contribution in [0, 0.1) is 12.7 Å². The van der Waals surface area contributed by atoms with E-state index in [4.69, 9.17) is 5.73 Å². The molecular formula is C15H14BrFN2O2. The Morgan fingerprint density at radius 1 is 1.33 bits per heavy atom. The number of nitrogens with one attached hydrogen (secondary N) is 1. The van der Waals surface area contributed by atoms with Crippen LogP contribution < -0.4 is 11.1 Å². The van der Waals surface area contributed by atoms with Gasteiger partial charge in [0.2, 0.25) is 0 Å². The second kappa shape index (κ2) is 6.13. The number of ether oxygens (including phenoxy) is 1. The van der Waals surface area contributed by atoms with Crippen molar-refractivity contribution in [2.75, 3.05) is 18.2 Å². The van der Waals surface area contributed by atoms with Crippen molar-refractivity contribution in [3.63, 3.8) is 0 Å². The Morgan fingerprint density at radius 3 is 2.71 bits per heavy atom. The second-order valence-electron chi connectivity index (χ2n) is 4.45. The number of nitrogens with two attached hydrogens (primary N) is 1. The molecule has 2 rings (SSSR count). The number of esters is 1. The molecule has 0 spiro atoms. The molecule has 2 aromatic carbocycles. The van der Waals surface area contributed by atoms with Crippen LogP contribution in [0.3, 0.4) is 0 Å². The third-order valence-corrected chi connectivity index (χ3v) is 3.94. The van der Waals surface area contributed by atoms with Gasteiger partial charge in [-0.3, -0.25) is 0 Å². The maximum absolute atomic E-state index is 14.0. The molecule has 0 heterocycles. The molecule has 0 unspecified atom stereocenters. The molecule has 0 aliphatic heterocycles. The van der Waals surface area contributed by atoms with Gasteiger partial charge in [-0.15, -0.1) is 0 Å². The van der Waals surface area contributed by atoms with Gasteiger partial charge in [0.15, 0.2) is 0 Å². The normalized spacial score (nSPS) is 10.3. The first-order valence-electron chi connectivity index (χ1n) is 6.13. The maximum atomic E-state index is 14.0. The van der Waals surface area contributed by atoms with Gasteiger partial charge < -0.3 is 15.8 Å². The molecular weight excluding hydrogens is 339 g/mol. The van der Waals surface area contributed by atoms with Crippen LogP contribution in [-0.4, -0.2) is 13.1 Å². The lowest BCUT2D eigenvalue weighted by Gasteiger charge is -2.13. The number of nitrogen functional groups attached to an aromatic ring is 1. The Bertz CT molecular complexity index is 704. The third-order valence-electron chi connectivity index (χ3n) is 3.08. The molecule has 3 N–H and O–H groups in total. The van der Waals surface area contributed by atoms with Crippen molar-refractivity contribution in [2.24, 2.45) is 0 Å². The first-order chi connectivity index (χ1) is 9.93. The molecule has 0 aliphatic carbocycles. The summed E-state index contributed by atoms with van der Waals surface area (Å²) in [5.74, 6) is -1.15. The Balaban J connectivity index is 2.44. The predicted molar refractivity (Wildman–Crippen MR) is 84.3 cm³/mol. The van der Waals surface area contributed by atoms with Gasteiger partial charge in [0.05, 0.1) is 18.4 Å². The van der Waals surface area contributed by atoms with Crippen LogP contribution in [0.1, 0.15) is 15.9 Å². The lowest BCUT2D eigenvalue weighted by atomic mass is 10.1. The highest BCUT2D eigenvalue weighted by Gasteiger charge is 2.15. The van der Waals surface area contributed by atoms with Crippen LogP contribution >= 0.6 is 15.9 Å². The zero-order valence-electron chi connectivity index (χ0n) is 11.5. The Labute approximate surface area is 130 Å². The first-order valence-corrected chi connectivity index (χ1v) is 6.92.